The molecule has 0 atom stereocenters. The second-order valence-corrected chi connectivity index (χ2v) is 3.76. The Morgan fingerprint density at radius 1 is 1.69 bits per heavy atom. The van der Waals surface area contributed by atoms with Crippen molar-refractivity contribution < 1.29 is 9.90 Å². The maximum absolute atomic E-state index is 10.7. The number of carboxylic acids is 1. The molecule has 0 aromatic carbocycles. The Morgan fingerprint density at radius 3 is 2.85 bits per heavy atom. The van der Waals surface area contributed by atoms with E-state index in [1.165, 1.54) is 11.3 Å². The zero-order chi connectivity index (χ0) is 9.84. The number of thiazole rings is 1. The highest BCUT2D eigenvalue weighted by molar-refractivity contribution is 7.13. The summed E-state index contributed by atoms with van der Waals surface area (Å²) in [5, 5.41) is 12.6. The van der Waals surface area contributed by atoms with Gasteiger partial charge < -0.3 is 10.4 Å². The van der Waals surface area contributed by atoms with E-state index >= 15 is 0 Å². The molecule has 13 heavy (non-hydrogen) atoms. The summed E-state index contributed by atoms with van der Waals surface area (Å²) in [5.74, 6) is -0.884. The van der Waals surface area contributed by atoms with Crippen molar-refractivity contribution in [3.05, 3.63) is 15.6 Å². The van der Waals surface area contributed by atoms with Gasteiger partial charge in [-0.3, -0.25) is 0 Å². The van der Waals surface area contributed by atoms with Gasteiger partial charge in [0, 0.05) is 13.0 Å². The number of likely N-dealkylation sites (N-methyl/N-ethyl adjacent to an activating group) is 1. The van der Waals surface area contributed by atoms with Crippen LogP contribution in [0.4, 0.5) is 0 Å². The molecule has 0 saturated carbocycles. The first-order valence-electron chi connectivity index (χ1n) is 3.99. The van der Waals surface area contributed by atoms with Crippen LogP contribution in [0.2, 0.25) is 0 Å². The van der Waals surface area contributed by atoms with Crippen molar-refractivity contribution >= 4 is 17.3 Å². The second kappa shape index (κ2) is 4.34. The van der Waals surface area contributed by atoms with E-state index in [-0.39, 0.29) is 0 Å². The number of aromatic carboxylic acids is 1. The number of aryl methyl sites for hydroxylation is 1. The number of nitrogens with zero attached hydrogens (tertiary/aromatic N) is 1. The number of carboxylic acid groups (broad SMARTS) is 1. The maximum atomic E-state index is 10.7. The number of hydrogen-bond acceptors (Lipinski definition) is 4. The summed E-state index contributed by atoms with van der Waals surface area (Å²) in [4.78, 5) is 15.2. The Kier molecular flexibility index (Phi) is 3.39. The van der Waals surface area contributed by atoms with Gasteiger partial charge in [-0.05, 0) is 14.0 Å². The molecule has 4 nitrogen and oxygen atoms in total. The van der Waals surface area contributed by atoms with Gasteiger partial charge in [-0.15, -0.1) is 11.3 Å². The molecular formula is C8H12N2O2S. The number of aromatic nitrogens is 1. The fourth-order valence-corrected chi connectivity index (χ4v) is 1.89. The normalized spacial score (nSPS) is 10.3. The average Bonchev–Trinajstić information content (AvgIpc) is 2.43. The average molecular weight is 200 g/mol. The molecule has 1 rings (SSSR count). The van der Waals surface area contributed by atoms with Crippen LogP contribution >= 0.6 is 11.3 Å². The fourth-order valence-electron chi connectivity index (χ4n) is 0.990. The van der Waals surface area contributed by atoms with Crippen molar-refractivity contribution in [3.63, 3.8) is 0 Å². The molecule has 1 heterocycles. The van der Waals surface area contributed by atoms with Gasteiger partial charge in [0.2, 0.25) is 0 Å². The van der Waals surface area contributed by atoms with E-state index in [0.717, 1.165) is 18.0 Å². The number of rotatable bonds is 4. The van der Waals surface area contributed by atoms with Crippen LogP contribution in [0, 0.1) is 6.92 Å². The largest absolute Gasteiger partial charge is 0.477 e. The van der Waals surface area contributed by atoms with Crippen molar-refractivity contribution in [1.29, 1.82) is 0 Å². The predicted octanol–water partition coefficient (Wildman–Crippen LogP) is 0.912. The number of nitrogens with one attached hydrogen (secondary N) is 1. The van der Waals surface area contributed by atoms with Gasteiger partial charge in [-0.25, -0.2) is 9.78 Å². The number of hydrogen-bond donors (Lipinski definition) is 2. The monoisotopic (exact) mass is 200 g/mol. The molecule has 0 aliphatic carbocycles. The molecule has 5 heteroatoms. The minimum atomic E-state index is -0.884. The minimum Gasteiger partial charge on any atom is -0.477 e. The summed E-state index contributed by atoms with van der Waals surface area (Å²) in [6.45, 7) is 2.55. The van der Waals surface area contributed by atoms with E-state index in [1.54, 1.807) is 6.92 Å². The lowest BCUT2D eigenvalue weighted by Gasteiger charge is -1.92. The predicted molar refractivity (Wildman–Crippen MR) is 51.4 cm³/mol. The molecule has 0 aliphatic rings. The molecule has 1 aromatic heterocycles. The molecule has 0 radical (unpaired) electrons. The van der Waals surface area contributed by atoms with Gasteiger partial charge in [-0.2, -0.15) is 0 Å². The lowest BCUT2D eigenvalue weighted by Crippen LogP contribution is -2.09. The van der Waals surface area contributed by atoms with Crippen molar-refractivity contribution in [1.82, 2.24) is 10.3 Å². The molecule has 0 saturated heterocycles. The Bertz CT molecular complexity index is 309. The van der Waals surface area contributed by atoms with Crippen LogP contribution in [0.15, 0.2) is 0 Å². The van der Waals surface area contributed by atoms with Crippen LogP contribution in [0.25, 0.3) is 0 Å². The summed E-state index contributed by atoms with van der Waals surface area (Å²) in [6, 6.07) is 0. The summed E-state index contributed by atoms with van der Waals surface area (Å²) in [5.41, 5.74) is 0.614. The van der Waals surface area contributed by atoms with Crippen LogP contribution in [0.5, 0.6) is 0 Å². The van der Waals surface area contributed by atoms with Crippen molar-refractivity contribution in [3.8, 4) is 0 Å². The zero-order valence-corrected chi connectivity index (χ0v) is 8.44. The van der Waals surface area contributed by atoms with Crippen LogP contribution in [-0.4, -0.2) is 29.7 Å². The summed E-state index contributed by atoms with van der Waals surface area (Å²) in [7, 11) is 1.86. The van der Waals surface area contributed by atoms with Gasteiger partial charge in [0.1, 0.15) is 4.88 Å². The first-order valence-corrected chi connectivity index (χ1v) is 4.81. The van der Waals surface area contributed by atoms with Crippen molar-refractivity contribution in [2.75, 3.05) is 13.6 Å². The third-order valence-corrected chi connectivity index (χ3v) is 2.83. The summed E-state index contributed by atoms with van der Waals surface area (Å²) in [6.07, 6.45) is 0.787. The lowest BCUT2D eigenvalue weighted by molar-refractivity contribution is 0.0701. The van der Waals surface area contributed by atoms with E-state index in [0.29, 0.717) is 10.6 Å². The fraction of sp³-hybridized carbons (Fsp3) is 0.500. The number of carbonyl (C=O) groups is 1. The summed E-state index contributed by atoms with van der Waals surface area (Å²) >= 11 is 1.26. The molecule has 0 spiro atoms. The summed E-state index contributed by atoms with van der Waals surface area (Å²) < 4.78 is 0. The molecule has 0 fully saturated rings. The highest BCUT2D eigenvalue weighted by Crippen LogP contribution is 2.17. The third kappa shape index (κ3) is 2.50. The molecule has 72 valence electrons. The first-order chi connectivity index (χ1) is 6.15. The first kappa shape index (κ1) is 10.1. The Morgan fingerprint density at radius 2 is 2.38 bits per heavy atom. The van der Waals surface area contributed by atoms with E-state index in [2.05, 4.69) is 10.3 Å². The van der Waals surface area contributed by atoms with Gasteiger partial charge >= 0.3 is 5.97 Å². The molecule has 1 aromatic rings. The smallest absolute Gasteiger partial charge is 0.347 e. The zero-order valence-electron chi connectivity index (χ0n) is 7.63. The molecule has 2 N–H and O–H groups in total. The lowest BCUT2D eigenvalue weighted by atomic mass is 10.4. The molecule has 0 aliphatic heterocycles. The molecule has 0 amide bonds. The molecular weight excluding hydrogens is 188 g/mol. The van der Waals surface area contributed by atoms with E-state index in [1.807, 2.05) is 7.05 Å². The van der Waals surface area contributed by atoms with E-state index in [4.69, 9.17) is 5.11 Å². The molecule has 0 bridgehead atoms. The van der Waals surface area contributed by atoms with Crippen molar-refractivity contribution in [2.45, 2.75) is 13.3 Å². The van der Waals surface area contributed by atoms with Gasteiger partial charge in [-0.1, -0.05) is 0 Å². The van der Waals surface area contributed by atoms with Crippen LogP contribution < -0.4 is 5.32 Å². The Balaban J connectivity index is 2.76. The van der Waals surface area contributed by atoms with E-state index < -0.39 is 5.97 Å². The van der Waals surface area contributed by atoms with Crippen molar-refractivity contribution in [2.24, 2.45) is 0 Å². The minimum absolute atomic E-state index is 0.353. The quantitative estimate of drug-likeness (QED) is 0.758. The highest BCUT2D eigenvalue weighted by atomic mass is 32.1. The topological polar surface area (TPSA) is 62.2 Å². The van der Waals surface area contributed by atoms with Gasteiger partial charge in [0.25, 0.3) is 0 Å². The van der Waals surface area contributed by atoms with Crippen LogP contribution in [0.3, 0.4) is 0 Å². The SMILES string of the molecule is CNCCc1nc(C)c(C(=O)O)s1. The second-order valence-electron chi connectivity index (χ2n) is 2.68. The highest BCUT2D eigenvalue weighted by Gasteiger charge is 2.12. The standard InChI is InChI=1S/C8H12N2O2S/c1-5-7(8(11)12)13-6(10-5)3-4-9-2/h9H,3-4H2,1-2H3,(H,11,12). The maximum Gasteiger partial charge on any atom is 0.347 e. The van der Waals surface area contributed by atoms with Crippen LogP contribution in [0.1, 0.15) is 20.4 Å². The van der Waals surface area contributed by atoms with Gasteiger partial charge in [0.05, 0.1) is 10.7 Å². The van der Waals surface area contributed by atoms with Gasteiger partial charge in [0.15, 0.2) is 0 Å². The third-order valence-electron chi connectivity index (χ3n) is 1.62. The Labute approximate surface area is 80.6 Å². The van der Waals surface area contributed by atoms with Crippen LogP contribution in [-0.2, 0) is 6.42 Å². The molecule has 0 unspecified atom stereocenters. The Hall–Kier alpha value is -0.940. The van der Waals surface area contributed by atoms with E-state index in [9.17, 15) is 4.79 Å².